The molecule has 4 rings (SSSR count). The van der Waals surface area contributed by atoms with E-state index < -0.39 is 5.97 Å². The van der Waals surface area contributed by atoms with Crippen LogP contribution < -0.4 is 24.4 Å². The van der Waals surface area contributed by atoms with Gasteiger partial charge in [-0.2, -0.15) is 5.10 Å². The highest BCUT2D eigenvalue weighted by atomic mass is 16.6. The van der Waals surface area contributed by atoms with E-state index in [0.717, 1.165) is 5.56 Å². The van der Waals surface area contributed by atoms with Gasteiger partial charge in [0.1, 0.15) is 18.1 Å². The van der Waals surface area contributed by atoms with Crippen molar-refractivity contribution < 1.29 is 28.5 Å². The van der Waals surface area contributed by atoms with Gasteiger partial charge in [-0.15, -0.1) is 0 Å². The van der Waals surface area contributed by atoms with Gasteiger partial charge in [-0.05, 0) is 84.8 Å². The van der Waals surface area contributed by atoms with Crippen molar-refractivity contribution in [2.45, 2.75) is 13.5 Å². The number of rotatable bonds is 11. The van der Waals surface area contributed by atoms with Crippen LogP contribution in [-0.2, 0) is 6.61 Å². The number of hydrazone groups is 1. The lowest BCUT2D eigenvalue weighted by Gasteiger charge is -2.11. The molecule has 39 heavy (non-hydrogen) atoms. The van der Waals surface area contributed by atoms with E-state index in [2.05, 4.69) is 10.5 Å². The molecule has 1 amide bonds. The van der Waals surface area contributed by atoms with E-state index >= 15 is 0 Å². The van der Waals surface area contributed by atoms with Gasteiger partial charge in [-0.25, -0.2) is 10.2 Å². The van der Waals surface area contributed by atoms with Crippen molar-refractivity contribution in [3.63, 3.8) is 0 Å². The topological polar surface area (TPSA) is 95.5 Å². The molecule has 0 radical (unpaired) electrons. The van der Waals surface area contributed by atoms with Crippen molar-refractivity contribution in [2.24, 2.45) is 5.10 Å². The van der Waals surface area contributed by atoms with Crippen LogP contribution in [0.1, 0.15) is 38.8 Å². The molecule has 0 spiro atoms. The predicted octanol–water partition coefficient (Wildman–Crippen LogP) is 5.66. The van der Waals surface area contributed by atoms with Gasteiger partial charge in [0.25, 0.3) is 5.91 Å². The van der Waals surface area contributed by atoms with Gasteiger partial charge in [0.05, 0.1) is 25.5 Å². The molecular weight excluding hydrogens is 496 g/mol. The third-order valence-corrected chi connectivity index (χ3v) is 5.54. The second-order valence-corrected chi connectivity index (χ2v) is 8.25. The lowest BCUT2D eigenvalue weighted by atomic mass is 10.2. The Labute approximate surface area is 226 Å². The molecule has 0 bridgehead atoms. The minimum atomic E-state index is -0.524. The third kappa shape index (κ3) is 7.69. The Bertz CT molecular complexity index is 1420. The van der Waals surface area contributed by atoms with Crippen LogP contribution in [0.25, 0.3) is 0 Å². The molecule has 0 aliphatic heterocycles. The number of carbonyl (C=O) groups is 2. The number of carbonyl (C=O) groups excluding carboxylic acids is 2. The summed E-state index contributed by atoms with van der Waals surface area (Å²) in [5.41, 5.74) is 5.03. The summed E-state index contributed by atoms with van der Waals surface area (Å²) in [6.45, 7) is 2.64. The second-order valence-electron chi connectivity index (χ2n) is 8.25. The maximum absolute atomic E-state index is 12.6. The summed E-state index contributed by atoms with van der Waals surface area (Å²) in [7, 11) is 1.55. The summed E-state index contributed by atoms with van der Waals surface area (Å²) >= 11 is 0. The van der Waals surface area contributed by atoms with Gasteiger partial charge >= 0.3 is 5.97 Å². The van der Waals surface area contributed by atoms with Crippen LogP contribution in [0.5, 0.6) is 23.0 Å². The summed E-state index contributed by atoms with van der Waals surface area (Å²) in [5.74, 6) is 1.06. The van der Waals surface area contributed by atoms with Crippen molar-refractivity contribution in [1.82, 2.24) is 5.43 Å². The Hall–Kier alpha value is -5.11. The minimum Gasteiger partial charge on any atom is -0.497 e. The monoisotopic (exact) mass is 524 g/mol. The largest absolute Gasteiger partial charge is 0.497 e. The highest BCUT2D eigenvalue weighted by Gasteiger charge is 2.13. The van der Waals surface area contributed by atoms with Crippen molar-refractivity contribution in [3.8, 4) is 23.0 Å². The molecule has 8 heteroatoms. The fourth-order valence-electron chi connectivity index (χ4n) is 3.52. The number of hydrogen-bond donors (Lipinski definition) is 1. The smallest absolute Gasteiger partial charge is 0.343 e. The van der Waals surface area contributed by atoms with E-state index in [4.69, 9.17) is 18.9 Å². The van der Waals surface area contributed by atoms with Crippen LogP contribution >= 0.6 is 0 Å². The maximum atomic E-state index is 12.6. The molecule has 0 unspecified atom stereocenters. The van der Waals surface area contributed by atoms with Gasteiger partial charge in [0.2, 0.25) is 0 Å². The first-order valence-corrected chi connectivity index (χ1v) is 12.3. The van der Waals surface area contributed by atoms with Crippen LogP contribution in [0, 0.1) is 0 Å². The number of nitrogens with zero attached hydrogens (tertiary/aromatic N) is 1. The molecule has 0 saturated carbocycles. The average Bonchev–Trinajstić information content (AvgIpc) is 2.98. The fourth-order valence-corrected chi connectivity index (χ4v) is 3.52. The maximum Gasteiger partial charge on any atom is 0.343 e. The molecule has 0 aromatic heterocycles. The van der Waals surface area contributed by atoms with E-state index in [-0.39, 0.29) is 11.7 Å². The summed E-state index contributed by atoms with van der Waals surface area (Å²) in [4.78, 5) is 25.0. The molecule has 0 heterocycles. The number of hydrogen-bond acceptors (Lipinski definition) is 7. The molecule has 0 fully saturated rings. The number of nitrogens with one attached hydrogen (secondary N) is 1. The van der Waals surface area contributed by atoms with E-state index in [1.165, 1.54) is 6.21 Å². The molecular formula is C31H28N2O6. The molecule has 1 N–H and O–H groups in total. The lowest BCUT2D eigenvalue weighted by Crippen LogP contribution is -2.17. The molecule has 4 aromatic carbocycles. The van der Waals surface area contributed by atoms with Gasteiger partial charge in [0.15, 0.2) is 11.5 Å². The van der Waals surface area contributed by atoms with Crippen LogP contribution in [0.15, 0.2) is 102 Å². The van der Waals surface area contributed by atoms with E-state index in [1.54, 1.807) is 73.8 Å². The molecule has 0 saturated heterocycles. The van der Waals surface area contributed by atoms with E-state index in [0.29, 0.717) is 47.2 Å². The lowest BCUT2D eigenvalue weighted by molar-refractivity contribution is 0.0728. The molecule has 0 aliphatic carbocycles. The normalized spacial score (nSPS) is 10.6. The first-order valence-electron chi connectivity index (χ1n) is 12.3. The summed E-state index contributed by atoms with van der Waals surface area (Å²) in [6.07, 6.45) is 1.48. The Balaban J connectivity index is 1.34. The van der Waals surface area contributed by atoms with Gasteiger partial charge in [-0.3, -0.25) is 4.79 Å². The number of amides is 1. The molecule has 0 aliphatic rings. The zero-order valence-corrected chi connectivity index (χ0v) is 21.6. The summed E-state index contributed by atoms with van der Waals surface area (Å²) < 4.78 is 22.1. The van der Waals surface area contributed by atoms with Gasteiger partial charge in [-0.1, -0.05) is 30.3 Å². The summed E-state index contributed by atoms with van der Waals surface area (Å²) in [5, 5.41) is 4.04. The molecule has 4 aromatic rings. The van der Waals surface area contributed by atoms with E-state index in [9.17, 15) is 9.59 Å². The zero-order valence-electron chi connectivity index (χ0n) is 21.6. The van der Waals surface area contributed by atoms with Crippen molar-refractivity contribution in [3.05, 3.63) is 119 Å². The first-order chi connectivity index (χ1) is 19.1. The quantitative estimate of drug-likeness (QED) is 0.118. The standard InChI is InChI=1S/C31H28N2O6/c1-3-37-29-19-23(9-18-28(29)39-31(35)25-12-14-26(36-2)15-13-25)20-32-33-30(34)24-10-16-27(17-11-24)38-21-22-7-5-4-6-8-22/h4-20H,3,21H2,1-2H3,(H,33,34)/b32-20+. The Kier molecular flexibility index (Phi) is 9.28. The molecule has 198 valence electrons. The minimum absolute atomic E-state index is 0.272. The fraction of sp³-hybridized carbons (Fsp3) is 0.129. The average molecular weight is 525 g/mol. The van der Waals surface area contributed by atoms with Crippen LogP contribution in [-0.4, -0.2) is 31.8 Å². The number of ether oxygens (including phenoxy) is 4. The van der Waals surface area contributed by atoms with Crippen molar-refractivity contribution in [2.75, 3.05) is 13.7 Å². The Morgan fingerprint density at radius 2 is 1.49 bits per heavy atom. The highest BCUT2D eigenvalue weighted by Crippen LogP contribution is 2.29. The predicted molar refractivity (Wildman–Crippen MR) is 148 cm³/mol. The van der Waals surface area contributed by atoms with Gasteiger partial charge < -0.3 is 18.9 Å². The molecule has 0 atom stereocenters. The number of esters is 1. The highest BCUT2D eigenvalue weighted by molar-refractivity contribution is 5.95. The van der Waals surface area contributed by atoms with Crippen molar-refractivity contribution in [1.29, 1.82) is 0 Å². The van der Waals surface area contributed by atoms with Crippen molar-refractivity contribution >= 4 is 18.1 Å². The van der Waals surface area contributed by atoms with Crippen LogP contribution in [0.3, 0.4) is 0 Å². The Morgan fingerprint density at radius 3 is 2.18 bits per heavy atom. The summed E-state index contributed by atoms with van der Waals surface area (Å²) in [6, 6.07) is 28.3. The zero-order chi connectivity index (χ0) is 27.5. The first kappa shape index (κ1) is 26.9. The Morgan fingerprint density at radius 1 is 0.795 bits per heavy atom. The van der Waals surface area contributed by atoms with E-state index in [1.807, 2.05) is 37.3 Å². The number of benzene rings is 4. The number of methoxy groups -OCH3 is 1. The second kappa shape index (κ2) is 13.4. The van der Waals surface area contributed by atoms with Crippen LogP contribution in [0.2, 0.25) is 0 Å². The third-order valence-electron chi connectivity index (χ3n) is 5.54. The SMILES string of the molecule is CCOc1cc(/C=N/NC(=O)c2ccc(OCc3ccccc3)cc2)ccc1OC(=O)c1ccc(OC)cc1. The van der Waals surface area contributed by atoms with Crippen LogP contribution in [0.4, 0.5) is 0 Å². The molecule has 8 nitrogen and oxygen atoms in total. The van der Waals surface area contributed by atoms with Gasteiger partial charge in [0, 0.05) is 5.56 Å².